The van der Waals surface area contributed by atoms with E-state index in [2.05, 4.69) is 17.0 Å². The van der Waals surface area contributed by atoms with Crippen LogP contribution >= 0.6 is 0 Å². The molecule has 2 aliphatic rings. The molecule has 0 spiro atoms. The molecule has 2 heterocycles. The van der Waals surface area contributed by atoms with Gasteiger partial charge in [-0.3, -0.25) is 14.5 Å². The van der Waals surface area contributed by atoms with E-state index in [1.165, 1.54) is 5.56 Å². The van der Waals surface area contributed by atoms with Gasteiger partial charge in [0.25, 0.3) is 0 Å². The van der Waals surface area contributed by atoms with Crippen LogP contribution in [0.2, 0.25) is 0 Å². The normalized spacial score (nSPS) is 21.5. The number of benzene rings is 1. The van der Waals surface area contributed by atoms with Crippen molar-refractivity contribution >= 4 is 11.8 Å². The molecule has 0 aliphatic carbocycles. The van der Waals surface area contributed by atoms with Gasteiger partial charge in [-0.1, -0.05) is 12.1 Å². The molecule has 0 N–H and O–H groups in total. The van der Waals surface area contributed by atoms with Crippen LogP contribution in [0.25, 0.3) is 0 Å². The fourth-order valence-electron chi connectivity index (χ4n) is 3.77. The van der Waals surface area contributed by atoms with E-state index < -0.39 is 0 Å². The van der Waals surface area contributed by atoms with E-state index in [0.717, 1.165) is 38.5 Å². The first-order valence-electron chi connectivity index (χ1n) is 9.41. The summed E-state index contributed by atoms with van der Waals surface area (Å²) in [4.78, 5) is 30.9. The monoisotopic (exact) mass is 359 g/mol. The molecule has 2 aliphatic heterocycles. The van der Waals surface area contributed by atoms with Crippen molar-refractivity contribution < 1.29 is 14.3 Å². The van der Waals surface area contributed by atoms with Crippen LogP contribution in [0.1, 0.15) is 25.8 Å². The molecule has 142 valence electrons. The fraction of sp³-hybridized carbons (Fsp3) is 0.600. The molecule has 0 radical (unpaired) electrons. The molecule has 1 aromatic carbocycles. The summed E-state index contributed by atoms with van der Waals surface area (Å²) in [7, 11) is 1.67. The third-order valence-electron chi connectivity index (χ3n) is 5.38. The number of likely N-dealkylation sites (tertiary alicyclic amines) is 1. The first-order chi connectivity index (χ1) is 12.5. The van der Waals surface area contributed by atoms with E-state index in [1.807, 2.05) is 35.8 Å². The summed E-state index contributed by atoms with van der Waals surface area (Å²) in [5.41, 5.74) is 1.25. The second-order valence-electron chi connectivity index (χ2n) is 7.49. The van der Waals surface area contributed by atoms with Gasteiger partial charge in [0.05, 0.1) is 13.0 Å². The lowest BCUT2D eigenvalue weighted by Crippen LogP contribution is -2.50. The first-order valence-corrected chi connectivity index (χ1v) is 9.41. The summed E-state index contributed by atoms with van der Waals surface area (Å²) >= 11 is 0. The highest BCUT2D eigenvalue weighted by atomic mass is 16.5. The molecule has 0 saturated carbocycles. The molecule has 6 nitrogen and oxygen atoms in total. The zero-order chi connectivity index (χ0) is 18.7. The van der Waals surface area contributed by atoms with Gasteiger partial charge in [-0.15, -0.1) is 0 Å². The average Bonchev–Trinajstić information content (AvgIpc) is 3.04. The summed E-state index contributed by atoms with van der Waals surface area (Å²) in [5.74, 6) is 0.950. The van der Waals surface area contributed by atoms with Crippen LogP contribution < -0.4 is 4.74 Å². The summed E-state index contributed by atoms with van der Waals surface area (Å²) in [5, 5.41) is 0. The maximum atomic E-state index is 12.8. The zero-order valence-electron chi connectivity index (χ0n) is 16.0. The second kappa shape index (κ2) is 8.08. The van der Waals surface area contributed by atoms with Crippen LogP contribution in [-0.4, -0.2) is 72.4 Å². The zero-order valence-corrected chi connectivity index (χ0v) is 16.0. The minimum Gasteiger partial charge on any atom is -0.497 e. The molecule has 1 aromatic rings. The summed E-state index contributed by atoms with van der Waals surface area (Å²) in [6.45, 7) is 8.67. The van der Waals surface area contributed by atoms with Crippen LogP contribution in [0, 0.1) is 5.92 Å². The van der Waals surface area contributed by atoms with Crippen molar-refractivity contribution in [2.45, 2.75) is 32.9 Å². The molecule has 6 heteroatoms. The van der Waals surface area contributed by atoms with Crippen molar-refractivity contribution in [3.8, 4) is 5.75 Å². The molecule has 1 atom stereocenters. The number of hydrogen-bond donors (Lipinski definition) is 0. The van der Waals surface area contributed by atoms with Crippen LogP contribution in [0.3, 0.4) is 0 Å². The fourth-order valence-corrected chi connectivity index (χ4v) is 3.77. The van der Waals surface area contributed by atoms with Crippen LogP contribution in [-0.2, 0) is 16.1 Å². The Morgan fingerprint density at radius 2 is 1.81 bits per heavy atom. The van der Waals surface area contributed by atoms with Gasteiger partial charge in [0.2, 0.25) is 11.8 Å². The van der Waals surface area contributed by atoms with Gasteiger partial charge in [-0.05, 0) is 31.5 Å². The van der Waals surface area contributed by atoms with Gasteiger partial charge < -0.3 is 14.5 Å². The number of amides is 2. The van der Waals surface area contributed by atoms with Gasteiger partial charge in [-0.2, -0.15) is 0 Å². The number of hydrogen-bond acceptors (Lipinski definition) is 4. The summed E-state index contributed by atoms with van der Waals surface area (Å²) in [6.07, 6.45) is 0.364. The Balaban J connectivity index is 1.48. The van der Waals surface area contributed by atoms with Gasteiger partial charge in [-0.25, -0.2) is 0 Å². The van der Waals surface area contributed by atoms with Crippen molar-refractivity contribution in [3.05, 3.63) is 29.8 Å². The summed E-state index contributed by atoms with van der Waals surface area (Å²) < 4.78 is 5.19. The highest BCUT2D eigenvalue weighted by Crippen LogP contribution is 2.23. The van der Waals surface area contributed by atoms with Crippen LogP contribution in [0.4, 0.5) is 0 Å². The lowest BCUT2D eigenvalue weighted by Gasteiger charge is -2.36. The standard InChI is InChI=1S/C20H29N3O3/c1-15(2)23-14-17(12-19(23)24)20(25)22-10-8-21(9-11-22)13-16-4-6-18(26-3)7-5-16/h4-7,15,17H,8-14H2,1-3H3/t17-/m1/s1. The Bertz CT molecular complexity index is 636. The quantitative estimate of drug-likeness (QED) is 0.801. The van der Waals surface area contributed by atoms with Gasteiger partial charge in [0.1, 0.15) is 5.75 Å². The van der Waals surface area contributed by atoms with E-state index in [4.69, 9.17) is 4.74 Å². The van der Waals surface area contributed by atoms with Crippen molar-refractivity contribution in [3.63, 3.8) is 0 Å². The predicted octanol–water partition coefficient (Wildman–Crippen LogP) is 1.60. The number of carbonyl (C=O) groups excluding carboxylic acids is 2. The number of rotatable bonds is 5. The molecular formula is C20H29N3O3. The third kappa shape index (κ3) is 4.18. The summed E-state index contributed by atoms with van der Waals surface area (Å²) in [6, 6.07) is 8.29. The van der Waals surface area contributed by atoms with E-state index in [-0.39, 0.29) is 23.8 Å². The van der Waals surface area contributed by atoms with Gasteiger partial charge >= 0.3 is 0 Å². The molecular weight excluding hydrogens is 330 g/mol. The number of ether oxygens (including phenoxy) is 1. The Morgan fingerprint density at radius 1 is 1.15 bits per heavy atom. The number of methoxy groups -OCH3 is 1. The minimum absolute atomic E-state index is 0.108. The molecule has 0 aromatic heterocycles. The Hall–Kier alpha value is -2.08. The van der Waals surface area contributed by atoms with Crippen LogP contribution in [0.15, 0.2) is 24.3 Å². The van der Waals surface area contributed by atoms with Crippen LogP contribution in [0.5, 0.6) is 5.75 Å². The molecule has 3 rings (SSSR count). The molecule has 26 heavy (non-hydrogen) atoms. The minimum atomic E-state index is -0.168. The Morgan fingerprint density at radius 3 is 2.35 bits per heavy atom. The molecule has 2 amide bonds. The second-order valence-corrected chi connectivity index (χ2v) is 7.49. The van der Waals surface area contributed by atoms with Crippen molar-refractivity contribution in [1.82, 2.24) is 14.7 Å². The predicted molar refractivity (Wildman–Crippen MR) is 99.8 cm³/mol. The van der Waals surface area contributed by atoms with Crippen molar-refractivity contribution in [1.29, 1.82) is 0 Å². The Kier molecular flexibility index (Phi) is 5.81. The highest BCUT2D eigenvalue weighted by Gasteiger charge is 2.38. The highest BCUT2D eigenvalue weighted by molar-refractivity contribution is 5.89. The smallest absolute Gasteiger partial charge is 0.228 e. The number of nitrogens with zero attached hydrogens (tertiary/aromatic N) is 3. The molecule has 0 bridgehead atoms. The Labute approximate surface area is 155 Å². The first kappa shape index (κ1) is 18.7. The van der Waals surface area contributed by atoms with Crippen molar-refractivity contribution in [2.75, 3.05) is 39.8 Å². The lowest BCUT2D eigenvalue weighted by atomic mass is 10.1. The number of piperazine rings is 1. The average molecular weight is 359 g/mol. The van der Waals surface area contributed by atoms with E-state index in [1.54, 1.807) is 7.11 Å². The molecule has 2 saturated heterocycles. The lowest BCUT2D eigenvalue weighted by molar-refractivity contribution is -0.137. The molecule has 2 fully saturated rings. The van der Waals surface area contributed by atoms with E-state index in [0.29, 0.717) is 13.0 Å². The molecule has 0 unspecified atom stereocenters. The van der Waals surface area contributed by atoms with Gasteiger partial charge in [0, 0.05) is 51.7 Å². The van der Waals surface area contributed by atoms with Crippen molar-refractivity contribution in [2.24, 2.45) is 5.92 Å². The maximum absolute atomic E-state index is 12.8. The van der Waals surface area contributed by atoms with Gasteiger partial charge in [0.15, 0.2) is 0 Å². The maximum Gasteiger partial charge on any atom is 0.228 e. The third-order valence-corrected chi connectivity index (χ3v) is 5.38. The SMILES string of the molecule is COc1ccc(CN2CCN(C(=O)[C@@H]3CC(=O)N(C(C)C)C3)CC2)cc1. The topological polar surface area (TPSA) is 53.1 Å². The largest absolute Gasteiger partial charge is 0.497 e. The number of carbonyl (C=O) groups is 2. The van der Waals surface area contributed by atoms with E-state index >= 15 is 0 Å². The van der Waals surface area contributed by atoms with E-state index in [9.17, 15) is 9.59 Å².